The number of primary amides is 1. The Balaban J connectivity index is 1.94. The van der Waals surface area contributed by atoms with Gasteiger partial charge < -0.3 is 20.1 Å². The van der Waals surface area contributed by atoms with Crippen LogP contribution in [0.5, 0.6) is 11.5 Å². The van der Waals surface area contributed by atoms with Crippen LogP contribution in [0.4, 0.5) is 5.69 Å². The third-order valence-electron chi connectivity index (χ3n) is 5.87. The fourth-order valence-electron chi connectivity index (χ4n) is 4.12. The van der Waals surface area contributed by atoms with E-state index in [4.69, 9.17) is 15.2 Å². The van der Waals surface area contributed by atoms with E-state index < -0.39 is 9.84 Å². The summed E-state index contributed by atoms with van der Waals surface area (Å²) in [4.78, 5) is 18.4. The van der Waals surface area contributed by atoms with Crippen molar-refractivity contribution in [3.63, 3.8) is 0 Å². The van der Waals surface area contributed by atoms with Crippen LogP contribution < -0.4 is 20.1 Å². The molecule has 2 N–H and O–H groups in total. The molecular weight excluding hydrogens is 430 g/mol. The Morgan fingerprint density at radius 1 is 1.06 bits per heavy atom. The first-order valence-electron chi connectivity index (χ1n) is 10.3. The van der Waals surface area contributed by atoms with Crippen LogP contribution >= 0.6 is 0 Å². The van der Waals surface area contributed by atoms with E-state index in [1.807, 2.05) is 4.90 Å². The second-order valence-electron chi connectivity index (χ2n) is 7.68. The third-order valence-corrected chi connectivity index (χ3v) is 7.64. The number of anilines is 1. The van der Waals surface area contributed by atoms with E-state index in [1.165, 1.54) is 20.4 Å². The minimum Gasteiger partial charge on any atom is -0.493 e. The molecule has 0 atom stereocenters. The Labute approximate surface area is 186 Å². The molecule has 1 fully saturated rings. The molecule has 3 aromatic rings. The maximum Gasteiger partial charge on any atom is 0.220 e. The number of carbonyl (C=O) groups is 1. The van der Waals surface area contributed by atoms with Gasteiger partial charge >= 0.3 is 0 Å². The Hall–Kier alpha value is -3.33. The molecular formula is C23H25N3O5S. The summed E-state index contributed by atoms with van der Waals surface area (Å²) in [5.41, 5.74) is 6.62. The van der Waals surface area contributed by atoms with Gasteiger partial charge in [0.2, 0.25) is 15.7 Å². The quantitative estimate of drug-likeness (QED) is 0.608. The average molecular weight is 456 g/mol. The summed E-state index contributed by atoms with van der Waals surface area (Å²) in [5.74, 6) is 0.435. The van der Waals surface area contributed by atoms with Crippen molar-refractivity contribution in [2.45, 2.75) is 22.6 Å². The number of rotatable bonds is 6. The minimum atomic E-state index is -3.84. The maximum absolute atomic E-state index is 13.6. The van der Waals surface area contributed by atoms with Crippen LogP contribution in [0, 0.1) is 5.92 Å². The summed E-state index contributed by atoms with van der Waals surface area (Å²) in [5, 5.41) is 0.636. The van der Waals surface area contributed by atoms with Gasteiger partial charge in [-0.05, 0) is 31.0 Å². The summed E-state index contributed by atoms with van der Waals surface area (Å²) in [6.45, 7) is 0.997. The number of hydrogen-bond donors (Lipinski definition) is 1. The van der Waals surface area contributed by atoms with E-state index in [-0.39, 0.29) is 21.6 Å². The van der Waals surface area contributed by atoms with Crippen molar-refractivity contribution in [1.29, 1.82) is 0 Å². The molecule has 32 heavy (non-hydrogen) atoms. The zero-order valence-corrected chi connectivity index (χ0v) is 18.8. The number of pyridine rings is 1. The average Bonchev–Trinajstić information content (AvgIpc) is 2.82. The highest BCUT2D eigenvalue weighted by molar-refractivity contribution is 7.91. The number of amides is 1. The molecule has 0 saturated carbocycles. The highest BCUT2D eigenvalue weighted by Crippen LogP contribution is 2.41. The molecule has 1 amide bonds. The van der Waals surface area contributed by atoms with E-state index in [2.05, 4.69) is 4.98 Å². The molecule has 0 spiro atoms. The molecule has 2 aromatic carbocycles. The molecule has 8 nitrogen and oxygen atoms in total. The summed E-state index contributed by atoms with van der Waals surface area (Å²) < 4.78 is 38.0. The number of sulfone groups is 1. The molecule has 0 unspecified atom stereocenters. The van der Waals surface area contributed by atoms with Gasteiger partial charge in [-0.25, -0.2) is 8.42 Å². The number of carbonyl (C=O) groups excluding carboxylic acids is 1. The molecule has 9 heteroatoms. The van der Waals surface area contributed by atoms with Crippen LogP contribution in [0.3, 0.4) is 0 Å². The lowest BCUT2D eigenvalue weighted by Gasteiger charge is -2.34. The zero-order chi connectivity index (χ0) is 22.9. The molecule has 0 bridgehead atoms. The van der Waals surface area contributed by atoms with Crippen molar-refractivity contribution < 1.29 is 22.7 Å². The molecule has 4 rings (SSSR count). The SMILES string of the molecule is COc1cc2ncc(S(=O)(=O)c3ccccc3)c(N3CCC(C(N)=O)CC3)c2cc1OC. The van der Waals surface area contributed by atoms with Gasteiger partial charge in [-0.3, -0.25) is 9.78 Å². The van der Waals surface area contributed by atoms with Gasteiger partial charge in [0.1, 0.15) is 4.90 Å². The fourth-order valence-corrected chi connectivity index (χ4v) is 5.58. The predicted molar refractivity (Wildman–Crippen MR) is 121 cm³/mol. The number of nitrogens with zero attached hydrogens (tertiary/aromatic N) is 2. The zero-order valence-electron chi connectivity index (χ0n) is 17.9. The monoisotopic (exact) mass is 455 g/mol. The van der Waals surface area contributed by atoms with E-state index >= 15 is 0 Å². The third kappa shape index (κ3) is 3.84. The summed E-state index contributed by atoms with van der Waals surface area (Å²) >= 11 is 0. The van der Waals surface area contributed by atoms with Crippen LogP contribution in [0.1, 0.15) is 12.8 Å². The highest BCUT2D eigenvalue weighted by atomic mass is 32.2. The number of methoxy groups -OCH3 is 2. The van der Waals surface area contributed by atoms with E-state index in [1.54, 1.807) is 42.5 Å². The normalized spacial score (nSPS) is 15.0. The lowest BCUT2D eigenvalue weighted by molar-refractivity contribution is -0.122. The summed E-state index contributed by atoms with van der Waals surface area (Å²) in [6.07, 6.45) is 2.50. The lowest BCUT2D eigenvalue weighted by atomic mass is 9.95. The number of aromatic nitrogens is 1. The summed E-state index contributed by atoms with van der Waals surface area (Å²) in [7, 11) is -0.781. The van der Waals surface area contributed by atoms with Gasteiger partial charge in [-0.1, -0.05) is 18.2 Å². The largest absolute Gasteiger partial charge is 0.493 e. The second-order valence-corrected chi connectivity index (χ2v) is 9.59. The molecule has 2 heterocycles. The van der Waals surface area contributed by atoms with Gasteiger partial charge in [0.05, 0.1) is 30.3 Å². The molecule has 1 aromatic heterocycles. The van der Waals surface area contributed by atoms with Crippen molar-refractivity contribution in [2.75, 3.05) is 32.2 Å². The van der Waals surface area contributed by atoms with Gasteiger partial charge in [-0.2, -0.15) is 0 Å². The van der Waals surface area contributed by atoms with Gasteiger partial charge in [0, 0.05) is 36.7 Å². The number of ether oxygens (including phenoxy) is 2. The molecule has 1 aliphatic rings. The maximum atomic E-state index is 13.6. The van der Waals surface area contributed by atoms with Crippen LogP contribution in [0.2, 0.25) is 0 Å². The highest BCUT2D eigenvalue weighted by Gasteiger charge is 2.31. The molecule has 1 aliphatic heterocycles. The molecule has 0 radical (unpaired) electrons. The van der Waals surface area contributed by atoms with Gasteiger partial charge in [-0.15, -0.1) is 0 Å². The fraction of sp³-hybridized carbons (Fsp3) is 0.304. The van der Waals surface area contributed by atoms with Gasteiger partial charge in [0.25, 0.3) is 0 Å². The number of benzene rings is 2. The second kappa shape index (κ2) is 8.66. The molecule has 168 valence electrons. The predicted octanol–water partition coefficient (Wildman–Crippen LogP) is 2.79. The van der Waals surface area contributed by atoms with Crippen molar-refractivity contribution in [3.8, 4) is 11.5 Å². The minimum absolute atomic E-state index is 0.112. The number of hydrogen-bond acceptors (Lipinski definition) is 7. The smallest absolute Gasteiger partial charge is 0.220 e. The lowest BCUT2D eigenvalue weighted by Crippen LogP contribution is -2.39. The van der Waals surface area contributed by atoms with Crippen LogP contribution in [-0.2, 0) is 14.6 Å². The van der Waals surface area contributed by atoms with Crippen molar-refractivity contribution in [1.82, 2.24) is 4.98 Å². The van der Waals surface area contributed by atoms with Gasteiger partial charge in [0.15, 0.2) is 11.5 Å². The Kier molecular flexibility index (Phi) is 5.92. The molecule has 1 saturated heterocycles. The van der Waals surface area contributed by atoms with Crippen LogP contribution in [0.25, 0.3) is 10.9 Å². The van der Waals surface area contributed by atoms with Crippen LogP contribution in [0.15, 0.2) is 58.5 Å². The summed E-state index contributed by atoms with van der Waals surface area (Å²) in [6, 6.07) is 11.8. The van der Waals surface area contributed by atoms with E-state index in [0.29, 0.717) is 54.0 Å². The van der Waals surface area contributed by atoms with Crippen molar-refractivity contribution in [2.24, 2.45) is 11.7 Å². The first-order chi connectivity index (χ1) is 15.4. The van der Waals surface area contributed by atoms with Crippen LogP contribution in [-0.4, -0.2) is 46.6 Å². The number of nitrogens with two attached hydrogens (primary N) is 1. The first kappa shape index (κ1) is 21.9. The topological polar surface area (TPSA) is 112 Å². The Bertz CT molecular complexity index is 1250. The van der Waals surface area contributed by atoms with E-state index in [0.717, 1.165) is 0 Å². The van der Waals surface area contributed by atoms with Crippen molar-refractivity contribution >= 4 is 32.3 Å². The van der Waals surface area contributed by atoms with Crippen molar-refractivity contribution in [3.05, 3.63) is 48.7 Å². The Morgan fingerprint density at radius 3 is 2.28 bits per heavy atom. The number of piperidine rings is 1. The Morgan fingerprint density at radius 2 is 1.69 bits per heavy atom. The first-order valence-corrected chi connectivity index (χ1v) is 11.7. The number of fused-ring (bicyclic) bond motifs is 1. The van der Waals surface area contributed by atoms with E-state index in [9.17, 15) is 13.2 Å². The standard InChI is InChI=1S/C23H25N3O5S/c1-30-19-12-17-18(13-20(19)31-2)25-14-21(32(28,29)16-6-4-3-5-7-16)22(17)26-10-8-15(9-11-26)23(24)27/h3-7,12-15H,8-11H2,1-2H3,(H2,24,27). The molecule has 0 aliphatic carbocycles.